The Morgan fingerprint density at radius 2 is 2.17 bits per heavy atom. The molecule has 0 aromatic rings. The second-order valence-electron chi connectivity index (χ2n) is 3.91. The lowest BCUT2D eigenvalue weighted by Crippen LogP contribution is -2.43. The number of fused-ring (bicyclic) bond motifs is 3. The topological polar surface area (TPSA) is 29.3 Å². The van der Waals surface area contributed by atoms with Crippen molar-refractivity contribution in [3.63, 3.8) is 0 Å². The van der Waals surface area contributed by atoms with Gasteiger partial charge in [-0.2, -0.15) is 0 Å². The standard InChI is InChI=1S/C10H18N2/c11-5-1-2-10-8-12-6-3-9(10)4-7-12/h2,9H,1,3-8,11H2. The van der Waals surface area contributed by atoms with E-state index in [0.29, 0.717) is 0 Å². The predicted molar refractivity (Wildman–Crippen MR) is 50.9 cm³/mol. The Labute approximate surface area is 74.4 Å². The van der Waals surface area contributed by atoms with Crippen LogP contribution in [-0.4, -0.2) is 31.1 Å². The fourth-order valence-corrected chi connectivity index (χ4v) is 2.35. The van der Waals surface area contributed by atoms with Crippen molar-refractivity contribution >= 4 is 0 Å². The largest absolute Gasteiger partial charge is 0.330 e. The number of rotatable bonds is 2. The van der Waals surface area contributed by atoms with E-state index in [2.05, 4.69) is 11.0 Å². The molecule has 0 amide bonds. The third kappa shape index (κ3) is 1.54. The summed E-state index contributed by atoms with van der Waals surface area (Å²) in [5.41, 5.74) is 7.15. The Bertz CT molecular complexity index is 178. The third-order valence-electron chi connectivity index (χ3n) is 3.09. The van der Waals surface area contributed by atoms with Crippen LogP contribution in [0.15, 0.2) is 11.6 Å². The zero-order valence-electron chi connectivity index (χ0n) is 7.63. The Balaban J connectivity index is 1.99. The van der Waals surface area contributed by atoms with E-state index in [9.17, 15) is 0 Å². The van der Waals surface area contributed by atoms with Gasteiger partial charge in [0, 0.05) is 6.54 Å². The van der Waals surface area contributed by atoms with Crippen LogP contribution in [0.4, 0.5) is 0 Å². The molecule has 0 unspecified atom stereocenters. The molecule has 3 heterocycles. The van der Waals surface area contributed by atoms with Crippen LogP contribution in [0.5, 0.6) is 0 Å². The molecular weight excluding hydrogens is 148 g/mol. The van der Waals surface area contributed by atoms with E-state index in [-0.39, 0.29) is 0 Å². The minimum absolute atomic E-state index is 0.802. The Kier molecular flexibility index (Phi) is 2.47. The highest BCUT2D eigenvalue weighted by atomic mass is 15.1. The summed E-state index contributed by atoms with van der Waals surface area (Å²) in [4.78, 5) is 2.56. The van der Waals surface area contributed by atoms with Crippen molar-refractivity contribution in [1.82, 2.24) is 4.90 Å². The molecule has 3 saturated heterocycles. The van der Waals surface area contributed by atoms with E-state index in [4.69, 9.17) is 5.73 Å². The molecule has 0 spiro atoms. The molecule has 0 aliphatic carbocycles. The van der Waals surface area contributed by atoms with Crippen molar-refractivity contribution in [2.24, 2.45) is 11.7 Å². The fourth-order valence-electron chi connectivity index (χ4n) is 2.35. The molecule has 3 fully saturated rings. The molecule has 3 aliphatic rings. The van der Waals surface area contributed by atoms with Gasteiger partial charge in [0.1, 0.15) is 0 Å². The highest BCUT2D eigenvalue weighted by Crippen LogP contribution is 2.31. The summed E-state index contributed by atoms with van der Waals surface area (Å²) in [7, 11) is 0. The van der Waals surface area contributed by atoms with Crippen LogP contribution in [0.2, 0.25) is 0 Å². The van der Waals surface area contributed by atoms with Crippen LogP contribution in [0.3, 0.4) is 0 Å². The maximum Gasteiger partial charge on any atom is 0.0195 e. The molecule has 2 nitrogen and oxygen atoms in total. The summed E-state index contributed by atoms with van der Waals surface area (Å²) in [5.74, 6) is 0.904. The van der Waals surface area contributed by atoms with Crippen molar-refractivity contribution in [2.45, 2.75) is 19.3 Å². The molecule has 68 valence electrons. The molecule has 2 N–H and O–H groups in total. The zero-order chi connectivity index (χ0) is 8.39. The second kappa shape index (κ2) is 3.58. The first-order valence-corrected chi connectivity index (χ1v) is 5.01. The summed E-state index contributed by atoms with van der Waals surface area (Å²) in [5, 5.41) is 0. The Hall–Kier alpha value is -0.340. The van der Waals surface area contributed by atoms with Crippen LogP contribution in [0.25, 0.3) is 0 Å². The molecule has 12 heavy (non-hydrogen) atoms. The summed E-state index contributed by atoms with van der Waals surface area (Å²) < 4.78 is 0. The number of piperidine rings is 3. The van der Waals surface area contributed by atoms with Gasteiger partial charge >= 0.3 is 0 Å². The SMILES string of the molecule is NCCC=C1CN2CCC1CC2. The van der Waals surface area contributed by atoms with Crippen LogP contribution in [-0.2, 0) is 0 Å². The monoisotopic (exact) mass is 166 g/mol. The molecule has 0 saturated carbocycles. The highest BCUT2D eigenvalue weighted by molar-refractivity contribution is 5.14. The van der Waals surface area contributed by atoms with Gasteiger partial charge in [-0.15, -0.1) is 0 Å². The van der Waals surface area contributed by atoms with E-state index in [0.717, 1.165) is 18.9 Å². The lowest BCUT2D eigenvalue weighted by Gasteiger charge is -2.41. The number of nitrogens with two attached hydrogens (primary N) is 1. The van der Waals surface area contributed by atoms with Crippen LogP contribution < -0.4 is 5.73 Å². The van der Waals surface area contributed by atoms with Crippen molar-refractivity contribution in [1.29, 1.82) is 0 Å². The van der Waals surface area contributed by atoms with Gasteiger partial charge in [-0.1, -0.05) is 11.6 Å². The summed E-state index contributed by atoms with van der Waals surface area (Å²) in [6, 6.07) is 0. The van der Waals surface area contributed by atoms with Gasteiger partial charge in [0.25, 0.3) is 0 Å². The normalized spacial score (nSPS) is 37.6. The van der Waals surface area contributed by atoms with Gasteiger partial charge in [0.05, 0.1) is 0 Å². The summed E-state index contributed by atoms with van der Waals surface area (Å²) in [6.45, 7) is 4.68. The molecule has 0 aromatic carbocycles. The van der Waals surface area contributed by atoms with Crippen LogP contribution in [0, 0.1) is 5.92 Å². The third-order valence-corrected chi connectivity index (χ3v) is 3.09. The molecule has 0 aromatic heterocycles. The lowest BCUT2D eigenvalue weighted by molar-refractivity contribution is 0.161. The molecule has 3 rings (SSSR count). The molecule has 0 atom stereocenters. The minimum Gasteiger partial charge on any atom is -0.330 e. The predicted octanol–water partition coefficient (Wildman–Crippen LogP) is 0.987. The maximum absolute atomic E-state index is 5.49. The average Bonchev–Trinajstić information content (AvgIpc) is 2.17. The fraction of sp³-hybridized carbons (Fsp3) is 0.800. The van der Waals surface area contributed by atoms with E-state index < -0.39 is 0 Å². The smallest absolute Gasteiger partial charge is 0.0195 e. The van der Waals surface area contributed by atoms with Gasteiger partial charge < -0.3 is 5.73 Å². The first kappa shape index (κ1) is 8.27. The van der Waals surface area contributed by atoms with Crippen molar-refractivity contribution in [2.75, 3.05) is 26.2 Å². The van der Waals surface area contributed by atoms with E-state index >= 15 is 0 Å². The number of hydrogen-bond acceptors (Lipinski definition) is 2. The van der Waals surface area contributed by atoms with Crippen LogP contribution >= 0.6 is 0 Å². The molecular formula is C10H18N2. The second-order valence-corrected chi connectivity index (χ2v) is 3.91. The van der Waals surface area contributed by atoms with Gasteiger partial charge in [-0.25, -0.2) is 0 Å². The molecule has 2 heteroatoms. The van der Waals surface area contributed by atoms with Gasteiger partial charge in [0.2, 0.25) is 0 Å². The van der Waals surface area contributed by atoms with Crippen LogP contribution in [0.1, 0.15) is 19.3 Å². The van der Waals surface area contributed by atoms with Gasteiger partial charge in [-0.05, 0) is 44.8 Å². The van der Waals surface area contributed by atoms with Crippen molar-refractivity contribution in [3.05, 3.63) is 11.6 Å². The molecule has 3 aliphatic heterocycles. The maximum atomic E-state index is 5.49. The van der Waals surface area contributed by atoms with E-state index in [1.807, 2.05) is 0 Å². The Morgan fingerprint density at radius 1 is 1.42 bits per heavy atom. The first-order chi connectivity index (χ1) is 5.90. The Morgan fingerprint density at radius 3 is 2.67 bits per heavy atom. The van der Waals surface area contributed by atoms with Gasteiger partial charge in [0.15, 0.2) is 0 Å². The van der Waals surface area contributed by atoms with E-state index in [1.165, 1.54) is 32.5 Å². The quantitative estimate of drug-likeness (QED) is 0.620. The molecule has 0 radical (unpaired) electrons. The lowest BCUT2D eigenvalue weighted by atomic mass is 9.83. The summed E-state index contributed by atoms with van der Waals surface area (Å²) in [6.07, 6.45) is 6.21. The van der Waals surface area contributed by atoms with Gasteiger partial charge in [-0.3, -0.25) is 4.90 Å². The number of nitrogens with zero attached hydrogens (tertiary/aromatic N) is 1. The highest BCUT2D eigenvalue weighted by Gasteiger charge is 2.28. The minimum atomic E-state index is 0.802. The zero-order valence-corrected chi connectivity index (χ0v) is 7.63. The number of hydrogen-bond donors (Lipinski definition) is 1. The molecule has 2 bridgehead atoms. The summed E-state index contributed by atoms with van der Waals surface area (Å²) >= 11 is 0. The first-order valence-electron chi connectivity index (χ1n) is 5.01. The van der Waals surface area contributed by atoms with Crippen molar-refractivity contribution < 1.29 is 0 Å². The average molecular weight is 166 g/mol. The van der Waals surface area contributed by atoms with Crippen molar-refractivity contribution in [3.8, 4) is 0 Å². The van der Waals surface area contributed by atoms with E-state index in [1.54, 1.807) is 5.57 Å².